The Bertz CT molecular complexity index is 995. The van der Waals surface area contributed by atoms with Crippen LogP contribution < -0.4 is 4.90 Å². The van der Waals surface area contributed by atoms with Gasteiger partial charge in [-0.1, -0.05) is 72.0 Å². The fourth-order valence-corrected chi connectivity index (χ4v) is 4.81. The van der Waals surface area contributed by atoms with Crippen LogP contribution in [0.5, 0.6) is 0 Å². The van der Waals surface area contributed by atoms with Crippen LogP contribution in [0.3, 0.4) is 0 Å². The van der Waals surface area contributed by atoms with Gasteiger partial charge in [-0.15, -0.1) is 0 Å². The highest BCUT2D eigenvalue weighted by atomic mass is 32.2. The Morgan fingerprint density at radius 3 is 2.33 bits per heavy atom. The summed E-state index contributed by atoms with van der Waals surface area (Å²) in [6.07, 6.45) is 0. The molecule has 0 atom stereocenters. The Morgan fingerprint density at radius 1 is 0.963 bits per heavy atom. The van der Waals surface area contributed by atoms with Crippen molar-refractivity contribution in [2.75, 3.05) is 11.4 Å². The molecule has 1 saturated heterocycles. The zero-order valence-corrected chi connectivity index (χ0v) is 16.7. The van der Waals surface area contributed by atoms with Gasteiger partial charge >= 0.3 is 0 Å². The normalized spacial score (nSPS) is 19.3. The van der Waals surface area contributed by atoms with Crippen LogP contribution in [0.25, 0.3) is 5.57 Å². The first-order valence-electron chi connectivity index (χ1n) is 8.76. The summed E-state index contributed by atoms with van der Waals surface area (Å²) in [6, 6.07) is 15.8. The minimum atomic E-state index is -0.178. The van der Waals surface area contributed by atoms with E-state index in [4.69, 9.17) is 12.2 Å². The number of fused-ring (bicyclic) bond motifs is 1. The third-order valence-electron chi connectivity index (χ3n) is 4.78. The molecule has 2 aliphatic heterocycles. The van der Waals surface area contributed by atoms with E-state index >= 15 is 0 Å². The molecule has 0 spiro atoms. The molecule has 0 aromatic heterocycles. The molecule has 2 amide bonds. The predicted molar refractivity (Wildman–Crippen MR) is 113 cm³/mol. The number of aryl methyl sites for hydroxylation is 1. The predicted octanol–water partition coefficient (Wildman–Crippen LogP) is 4.13. The second-order valence-corrected chi connectivity index (χ2v) is 8.16. The van der Waals surface area contributed by atoms with Crippen LogP contribution in [0.2, 0.25) is 0 Å². The molecular formula is C21H18N2O2S2. The maximum atomic E-state index is 13.3. The fourth-order valence-electron chi connectivity index (χ4n) is 3.35. The molecule has 0 unspecified atom stereocenters. The first-order chi connectivity index (χ1) is 13.0. The lowest BCUT2D eigenvalue weighted by atomic mass is 10.1. The molecule has 0 radical (unpaired) electrons. The summed E-state index contributed by atoms with van der Waals surface area (Å²) in [5.74, 6) is -0.323. The highest BCUT2D eigenvalue weighted by Gasteiger charge is 2.41. The molecule has 6 heteroatoms. The van der Waals surface area contributed by atoms with E-state index in [0.717, 1.165) is 16.8 Å². The lowest BCUT2D eigenvalue weighted by Crippen LogP contribution is -2.29. The maximum Gasteiger partial charge on any atom is 0.266 e. The Morgan fingerprint density at radius 2 is 1.67 bits per heavy atom. The Balaban J connectivity index is 1.79. The first-order valence-corrected chi connectivity index (χ1v) is 9.98. The zero-order chi connectivity index (χ0) is 19.1. The van der Waals surface area contributed by atoms with Crippen molar-refractivity contribution in [1.82, 2.24) is 4.90 Å². The van der Waals surface area contributed by atoms with Crippen molar-refractivity contribution in [3.63, 3.8) is 0 Å². The molecule has 2 heterocycles. The number of hydrogen-bond acceptors (Lipinski definition) is 4. The van der Waals surface area contributed by atoms with Crippen molar-refractivity contribution in [1.29, 1.82) is 0 Å². The zero-order valence-electron chi connectivity index (χ0n) is 15.1. The summed E-state index contributed by atoms with van der Waals surface area (Å²) < 4.78 is 0.507. The molecule has 0 aliphatic carbocycles. The van der Waals surface area contributed by atoms with Gasteiger partial charge in [0.2, 0.25) is 0 Å². The molecule has 0 bridgehead atoms. The van der Waals surface area contributed by atoms with Gasteiger partial charge in [0, 0.05) is 12.1 Å². The third-order valence-corrected chi connectivity index (χ3v) is 6.23. The molecule has 2 aromatic carbocycles. The first kappa shape index (κ1) is 17.9. The maximum absolute atomic E-state index is 13.3. The molecule has 0 N–H and O–H groups in total. The minimum absolute atomic E-state index is 0.145. The van der Waals surface area contributed by atoms with Crippen molar-refractivity contribution >= 4 is 51.4 Å². The quantitative estimate of drug-likeness (QED) is 0.580. The molecule has 4 rings (SSSR count). The van der Waals surface area contributed by atoms with Crippen molar-refractivity contribution < 1.29 is 9.59 Å². The standard InChI is InChI=1S/C21H18N2O2S2/c1-3-22-20(25)18(27-21(22)26)17-15-6-4-5-7-16(15)23(19(17)24)12-14-10-8-13(2)9-11-14/h4-11H,3,12H2,1-2H3/b18-17+. The van der Waals surface area contributed by atoms with Gasteiger partial charge in [0.05, 0.1) is 22.7 Å². The fraction of sp³-hybridized carbons (Fsp3) is 0.190. The number of hydrogen-bond donors (Lipinski definition) is 0. The van der Waals surface area contributed by atoms with Gasteiger partial charge in [-0.2, -0.15) is 0 Å². The average molecular weight is 395 g/mol. The molecule has 1 fully saturated rings. The highest BCUT2D eigenvalue weighted by molar-refractivity contribution is 8.26. The van der Waals surface area contributed by atoms with Gasteiger partial charge in [0.1, 0.15) is 4.32 Å². The third kappa shape index (κ3) is 2.99. The molecule has 2 aliphatic rings. The molecular weight excluding hydrogens is 376 g/mol. The van der Waals surface area contributed by atoms with E-state index in [1.165, 1.54) is 17.3 Å². The van der Waals surface area contributed by atoms with Crippen molar-refractivity contribution in [2.24, 2.45) is 0 Å². The molecule has 136 valence electrons. The minimum Gasteiger partial charge on any atom is -0.303 e. The van der Waals surface area contributed by atoms with E-state index in [1.807, 2.05) is 62.4 Å². The monoisotopic (exact) mass is 394 g/mol. The molecule has 27 heavy (non-hydrogen) atoms. The summed E-state index contributed by atoms with van der Waals surface area (Å²) in [4.78, 5) is 29.8. The number of para-hydroxylation sites is 1. The number of thioether (sulfide) groups is 1. The average Bonchev–Trinajstić information content (AvgIpc) is 3.10. The van der Waals surface area contributed by atoms with Crippen LogP contribution in [-0.2, 0) is 16.1 Å². The smallest absolute Gasteiger partial charge is 0.266 e. The van der Waals surface area contributed by atoms with Gasteiger partial charge in [-0.25, -0.2) is 0 Å². The number of thiocarbonyl (C=S) groups is 1. The topological polar surface area (TPSA) is 40.6 Å². The lowest BCUT2D eigenvalue weighted by Gasteiger charge is -2.17. The van der Waals surface area contributed by atoms with Crippen LogP contribution in [0.1, 0.15) is 23.6 Å². The van der Waals surface area contributed by atoms with Crippen molar-refractivity contribution in [3.05, 3.63) is 70.1 Å². The van der Waals surface area contributed by atoms with Gasteiger partial charge in [0.25, 0.3) is 11.8 Å². The summed E-state index contributed by atoms with van der Waals surface area (Å²) in [5.41, 5.74) is 4.32. The van der Waals surface area contributed by atoms with Gasteiger partial charge < -0.3 is 4.90 Å². The molecule has 2 aromatic rings. The Hall–Kier alpha value is -2.44. The lowest BCUT2D eigenvalue weighted by molar-refractivity contribution is -0.122. The number of carbonyl (C=O) groups excluding carboxylic acids is 2. The Kier molecular flexibility index (Phi) is 4.61. The van der Waals surface area contributed by atoms with Crippen molar-refractivity contribution in [3.8, 4) is 0 Å². The number of anilines is 1. The molecule has 0 saturated carbocycles. The van der Waals surface area contributed by atoms with E-state index in [-0.39, 0.29) is 11.8 Å². The summed E-state index contributed by atoms with van der Waals surface area (Å²) in [7, 11) is 0. The van der Waals surface area contributed by atoms with E-state index in [0.29, 0.717) is 27.9 Å². The van der Waals surface area contributed by atoms with Crippen LogP contribution >= 0.6 is 24.0 Å². The summed E-state index contributed by atoms with van der Waals surface area (Å²) in [6.45, 7) is 4.89. The number of benzene rings is 2. The largest absolute Gasteiger partial charge is 0.303 e. The van der Waals surface area contributed by atoms with Crippen LogP contribution in [0, 0.1) is 6.92 Å². The number of nitrogens with zero attached hydrogens (tertiary/aromatic N) is 2. The number of carbonyl (C=O) groups is 2. The van der Waals surface area contributed by atoms with E-state index in [2.05, 4.69) is 0 Å². The van der Waals surface area contributed by atoms with Gasteiger partial charge in [0.15, 0.2) is 0 Å². The Labute approximate surface area is 167 Å². The summed E-state index contributed by atoms with van der Waals surface area (Å²) in [5, 5.41) is 0. The number of likely N-dealkylation sites (N-methyl/N-ethyl adjacent to an activating group) is 1. The van der Waals surface area contributed by atoms with E-state index in [1.54, 1.807) is 9.80 Å². The van der Waals surface area contributed by atoms with Crippen molar-refractivity contribution in [2.45, 2.75) is 20.4 Å². The van der Waals surface area contributed by atoms with Crippen LogP contribution in [0.15, 0.2) is 53.4 Å². The number of amides is 2. The molecule has 4 nitrogen and oxygen atoms in total. The van der Waals surface area contributed by atoms with Crippen LogP contribution in [0.4, 0.5) is 5.69 Å². The van der Waals surface area contributed by atoms with E-state index < -0.39 is 0 Å². The second-order valence-electron chi connectivity index (χ2n) is 6.52. The summed E-state index contributed by atoms with van der Waals surface area (Å²) >= 11 is 6.54. The van der Waals surface area contributed by atoms with Crippen LogP contribution in [-0.4, -0.2) is 27.6 Å². The van der Waals surface area contributed by atoms with Gasteiger partial charge in [-0.05, 0) is 25.5 Å². The highest BCUT2D eigenvalue weighted by Crippen LogP contribution is 2.44. The number of rotatable bonds is 3. The SMILES string of the molecule is CCN1C(=O)/C(=C2\C(=O)N(Cc3ccc(C)cc3)c3ccccc32)SC1=S. The second kappa shape index (κ2) is 6.94. The van der Waals surface area contributed by atoms with Gasteiger partial charge in [-0.3, -0.25) is 14.5 Å². The van der Waals surface area contributed by atoms with E-state index in [9.17, 15) is 9.59 Å².